The lowest BCUT2D eigenvalue weighted by Crippen LogP contribution is -2.34. The molecule has 1 aromatic rings. The van der Waals surface area contributed by atoms with E-state index in [1.54, 1.807) is 7.11 Å². The number of methoxy groups -OCH3 is 1. The predicted molar refractivity (Wildman–Crippen MR) is 80.8 cm³/mol. The highest BCUT2D eigenvalue weighted by Crippen LogP contribution is 2.38. The van der Waals surface area contributed by atoms with Crippen molar-refractivity contribution in [3.63, 3.8) is 0 Å². The molecule has 1 aliphatic rings. The van der Waals surface area contributed by atoms with Crippen molar-refractivity contribution in [3.8, 4) is 5.75 Å². The van der Waals surface area contributed by atoms with Gasteiger partial charge in [-0.15, -0.1) is 0 Å². The summed E-state index contributed by atoms with van der Waals surface area (Å²) in [6.45, 7) is 7.75. The largest absolute Gasteiger partial charge is 0.496 e. The van der Waals surface area contributed by atoms with Crippen molar-refractivity contribution >= 4 is 5.69 Å². The molecule has 1 aliphatic heterocycles. The fraction of sp³-hybridized carbons (Fsp3) is 0.625. The zero-order valence-electron chi connectivity index (χ0n) is 12.5. The molecule has 0 bridgehead atoms. The quantitative estimate of drug-likeness (QED) is 0.904. The fourth-order valence-electron chi connectivity index (χ4n) is 3.20. The molecule has 1 fully saturated rings. The van der Waals surface area contributed by atoms with Crippen LogP contribution >= 0.6 is 0 Å². The van der Waals surface area contributed by atoms with Gasteiger partial charge in [0.1, 0.15) is 5.75 Å². The lowest BCUT2D eigenvalue weighted by molar-refractivity contribution is 0.406. The van der Waals surface area contributed by atoms with E-state index in [1.165, 1.54) is 18.5 Å². The van der Waals surface area contributed by atoms with Crippen molar-refractivity contribution in [2.75, 3.05) is 18.6 Å². The van der Waals surface area contributed by atoms with Crippen LogP contribution in [-0.4, -0.2) is 19.7 Å². The smallest absolute Gasteiger partial charge is 0.125 e. The number of hydrogen-bond acceptors (Lipinski definition) is 3. The molecule has 1 saturated heterocycles. The summed E-state index contributed by atoms with van der Waals surface area (Å²) in [5, 5.41) is 0. The van der Waals surface area contributed by atoms with E-state index in [0.29, 0.717) is 12.0 Å². The zero-order chi connectivity index (χ0) is 14.0. The Kier molecular flexibility index (Phi) is 4.35. The van der Waals surface area contributed by atoms with Crippen molar-refractivity contribution in [2.45, 2.75) is 45.7 Å². The van der Waals surface area contributed by atoms with Crippen molar-refractivity contribution in [1.29, 1.82) is 0 Å². The Balaban J connectivity index is 2.44. The summed E-state index contributed by atoms with van der Waals surface area (Å²) in [5.74, 6) is 1.57. The van der Waals surface area contributed by atoms with Crippen LogP contribution in [0.4, 0.5) is 5.69 Å². The van der Waals surface area contributed by atoms with Gasteiger partial charge in [-0.2, -0.15) is 0 Å². The number of rotatable bonds is 4. The van der Waals surface area contributed by atoms with Crippen LogP contribution in [0.5, 0.6) is 5.75 Å². The van der Waals surface area contributed by atoms with E-state index in [4.69, 9.17) is 10.5 Å². The summed E-state index contributed by atoms with van der Waals surface area (Å²) >= 11 is 0. The number of ether oxygens (including phenoxy) is 1. The molecule has 0 amide bonds. The van der Waals surface area contributed by atoms with Gasteiger partial charge < -0.3 is 15.4 Å². The van der Waals surface area contributed by atoms with Gasteiger partial charge in [-0.1, -0.05) is 19.9 Å². The van der Waals surface area contributed by atoms with E-state index >= 15 is 0 Å². The summed E-state index contributed by atoms with van der Waals surface area (Å²) in [6, 6.07) is 6.85. The van der Waals surface area contributed by atoms with Crippen LogP contribution in [-0.2, 0) is 0 Å². The normalized spacial score (nSPS) is 20.9. The first-order valence-corrected chi connectivity index (χ1v) is 7.25. The second-order valence-corrected chi connectivity index (χ2v) is 5.83. The van der Waals surface area contributed by atoms with Crippen LogP contribution in [0.15, 0.2) is 18.2 Å². The summed E-state index contributed by atoms with van der Waals surface area (Å²) in [6.07, 6.45) is 2.53. The van der Waals surface area contributed by atoms with Gasteiger partial charge in [-0.3, -0.25) is 0 Å². The maximum Gasteiger partial charge on any atom is 0.125 e. The summed E-state index contributed by atoms with van der Waals surface area (Å²) in [4.78, 5) is 2.52. The second kappa shape index (κ2) is 5.83. The second-order valence-electron chi connectivity index (χ2n) is 5.83. The molecular formula is C16H26N2O. The molecule has 1 unspecified atom stereocenters. The fourth-order valence-corrected chi connectivity index (χ4v) is 3.20. The van der Waals surface area contributed by atoms with E-state index in [0.717, 1.165) is 17.9 Å². The first-order valence-electron chi connectivity index (χ1n) is 7.25. The minimum absolute atomic E-state index is 0.0143. The van der Waals surface area contributed by atoms with Crippen LogP contribution in [0.2, 0.25) is 0 Å². The highest BCUT2D eigenvalue weighted by atomic mass is 16.5. The topological polar surface area (TPSA) is 38.5 Å². The van der Waals surface area contributed by atoms with Crippen LogP contribution in [0.1, 0.15) is 45.2 Å². The third-order valence-electron chi connectivity index (χ3n) is 4.10. The van der Waals surface area contributed by atoms with Crippen molar-refractivity contribution in [1.82, 2.24) is 0 Å². The van der Waals surface area contributed by atoms with Crippen molar-refractivity contribution in [2.24, 2.45) is 11.7 Å². The number of anilines is 1. The molecular weight excluding hydrogens is 236 g/mol. The number of nitrogens with two attached hydrogens (primary N) is 1. The molecule has 19 heavy (non-hydrogen) atoms. The predicted octanol–water partition coefficient (Wildman–Crippen LogP) is 3.34. The molecule has 0 saturated carbocycles. The summed E-state index contributed by atoms with van der Waals surface area (Å²) in [7, 11) is 1.72. The average molecular weight is 262 g/mol. The Morgan fingerprint density at radius 3 is 2.63 bits per heavy atom. The Morgan fingerprint density at radius 2 is 2.05 bits per heavy atom. The van der Waals surface area contributed by atoms with Gasteiger partial charge in [0.2, 0.25) is 0 Å². The molecule has 2 rings (SSSR count). The van der Waals surface area contributed by atoms with E-state index in [-0.39, 0.29) is 6.04 Å². The van der Waals surface area contributed by atoms with E-state index in [1.807, 2.05) is 13.0 Å². The number of benzene rings is 1. The van der Waals surface area contributed by atoms with Gasteiger partial charge in [0.25, 0.3) is 0 Å². The number of hydrogen-bond donors (Lipinski definition) is 1. The lowest BCUT2D eigenvalue weighted by Gasteiger charge is -2.32. The standard InChI is InChI=1S/C16H26N2O/c1-11(2)13-8-6-10-18(13)14-7-5-9-15(19-4)16(14)12(3)17/h5,7,9,11-13H,6,8,10,17H2,1-4H3/t12-,13?/m0/s1. The Labute approximate surface area is 116 Å². The SMILES string of the molecule is COc1cccc(N2CCCC2C(C)C)c1[C@H](C)N. The Hall–Kier alpha value is -1.22. The van der Waals surface area contributed by atoms with Gasteiger partial charge >= 0.3 is 0 Å². The van der Waals surface area contributed by atoms with Crippen LogP contribution in [0.25, 0.3) is 0 Å². The van der Waals surface area contributed by atoms with Gasteiger partial charge in [-0.05, 0) is 37.8 Å². The lowest BCUT2D eigenvalue weighted by atomic mass is 9.99. The molecule has 0 radical (unpaired) electrons. The monoisotopic (exact) mass is 262 g/mol. The highest BCUT2D eigenvalue weighted by molar-refractivity contribution is 5.62. The third kappa shape index (κ3) is 2.71. The molecule has 2 N–H and O–H groups in total. The molecule has 2 atom stereocenters. The van der Waals surface area contributed by atoms with Crippen LogP contribution in [0, 0.1) is 5.92 Å². The molecule has 0 spiro atoms. The zero-order valence-corrected chi connectivity index (χ0v) is 12.5. The van der Waals surface area contributed by atoms with E-state index in [2.05, 4.69) is 30.9 Å². The Morgan fingerprint density at radius 1 is 1.32 bits per heavy atom. The molecule has 106 valence electrons. The first-order chi connectivity index (χ1) is 9.06. The molecule has 1 heterocycles. The van der Waals surface area contributed by atoms with Gasteiger partial charge in [0, 0.05) is 29.9 Å². The van der Waals surface area contributed by atoms with Gasteiger partial charge in [0.15, 0.2) is 0 Å². The molecule has 0 aliphatic carbocycles. The average Bonchev–Trinajstić information content (AvgIpc) is 2.86. The number of nitrogens with zero attached hydrogens (tertiary/aromatic N) is 1. The van der Waals surface area contributed by atoms with Crippen molar-refractivity contribution < 1.29 is 4.74 Å². The molecule has 1 aromatic carbocycles. The minimum atomic E-state index is -0.0143. The molecule has 3 nitrogen and oxygen atoms in total. The maximum atomic E-state index is 6.17. The third-order valence-corrected chi connectivity index (χ3v) is 4.10. The van der Waals surface area contributed by atoms with Gasteiger partial charge in [0.05, 0.1) is 7.11 Å². The van der Waals surface area contributed by atoms with E-state index < -0.39 is 0 Å². The summed E-state index contributed by atoms with van der Waals surface area (Å²) < 4.78 is 5.50. The maximum absolute atomic E-state index is 6.17. The van der Waals surface area contributed by atoms with E-state index in [9.17, 15) is 0 Å². The highest BCUT2D eigenvalue weighted by Gasteiger charge is 2.30. The molecule has 3 heteroatoms. The van der Waals surface area contributed by atoms with Gasteiger partial charge in [-0.25, -0.2) is 0 Å². The minimum Gasteiger partial charge on any atom is -0.496 e. The van der Waals surface area contributed by atoms with Crippen LogP contribution < -0.4 is 15.4 Å². The molecule has 0 aromatic heterocycles. The van der Waals surface area contributed by atoms with Crippen molar-refractivity contribution in [3.05, 3.63) is 23.8 Å². The van der Waals surface area contributed by atoms with Crippen LogP contribution in [0.3, 0.4) is 0 Å². The Bertz CT molecular complexity index is 429. The summed E-state index contributed by atoms with van der Waals surface area (Å²) in [5.41, 5.74) is 8.57. The first kappa shape index (κ1) is 14.2.